The van der Waals surface area contributed by atoms with Gasteiger partial charge in [0.15, 0.2) is 0 Å². The molecule has 14 heteroatoms. The van der Waals surface area contributed by atoms with Crippen LogP contribution in [-0.2, 0) is 24.7 Å². The van der Waals surface area contributed by atoms with Crippen molar-refractivity contribution < 1.29 is 52.7 Å². The summed E-state index contributed by atoms with van der Waals surface area (Å²) in [6.07, 6.45) is -20.1. The van der Waals surface area contributed by atoms with Crippen LogP contribution in [0.25, 0.3) is 45.0 Å². The molecule has 0 spiro atoms. The molecule has 2 nitrogen and oxygen atoms in total. The van der Waals surface area contributed by atoms with E-state index in [1.165, 1.54) is 24.3 Å². The van der Waals surface area contributed by atoms with Gasteiger partial charge in [-0.1, -0.05) is 18.2 Å². The predicted octanol–water partition coefficient (Wildman–Crippen LogP) is 11.1. The molecule has 44 heavy (non-hydrogen) atoms. The minimum atomic E-state index is -5.03. The summed E-state index contributed by atoms with van der Waals surface area (Å²) in [5.74, 6) is 0. The summed E-state index contributed by atoms with van der Waals surface area (Å²) in [5.41, 5.74) is -5.21. The molecule has 5 aromatic rings. The second-order valence-corrected chi connectivity index (χ2v) is 9.74. The van der Waals surface area contributed by atoms with Crippen molar-refractivity contribution in [1.82, 2.24) is 9.97 Å². The Morgan fingerprint density at radius 1 is 0.318 bits per heavy atom. The van der Waals surface area contributed by atoms with E-state index in [-0.39, 0.29) is 34.6 Å². The fraction of sp³-hybridized carbons (Fsp3) is 0.133. The predicted molar refractivity (Wildman–Crippen MR) is 137 cm³/mol. The third-order valence-electron chi connectivity index (χ3n) is 6.65. The highest BCUT2D eigenvalue weighted by Gasteiger charge is 2.38. The Balaban J connectivity index is 1.49. The minimum absolute atomic E-state index is 0.0186. The molecule has 0 aliphatic carbocycles. The molecule has 0 saturated heterocycles. The summed E-state index contributed by atoms with van der Waals surface area (Å²) in [4.78, 5) is 5.59. The summed E-state index contributed by atoms with van der Waals surface area (Å²) < 4.78 is 160. The Morgan fingerprint density at radius 3 is 0.864 bits per heavy atom. The van der Waals surface area contributed by atoms with E-state index >= 15 is 0 Å². The lowest BCUT2D eigenvalue weighted by Crippen LogP contribution is -2.11. The molecule has 230 valence electrons. The summed E-state index contributed by atoms with van der Waals surface area (Å²) in [5, 5.41) is 0. The maximum atomic E-state index is 13.3. The number of halogens is 12. The van der Waals surface area contributed by atoms with Crippen molar-refractivity contribution in [2.45, 2.75) is 24.7 Å². The Morgan fingerprint density at radius 2 is 0.591 bits per heavy atom. The fourth-order valence-electron chi connectivity index (χ4n) is 4.54. The van der Waals surface area contributed by atoms with Crippen molar-refractivity contribution in [2.24, 2.45) is 0 Å². The molecule has 0 saturated carbocycles. The van der Waals surface area contributed by atoms with Crippen LogP contribution in [0.1, 0.15) is 22.3 Å². The number of alkyl halides is 12. The van der Waals surface area contributed by atoms with Gasteiger partial charge in [-0.05, 0) is 89.0 Å². The standard InChI is InChI=1S/C30H16F12N2/c31-27(32,33)19-9-17(10-20(13-19)28(34,35)36)25-6-4-23(43-25)15-2-1-3-16(8-15)24-5-7-26(44-24)18-11-21(29(37,38)39)14-22(12-18)30(40,41)42/h1-14,43-44H. The Bertz CT molecular complexity index is 1620. The largest absolute Gasteiger partial charge is 0.416 e. The monoisotopic (exact) mass is 632 g/mol. The van der Waals surface area contributed by atoms with Gasteiger partial charge in [-0.25, -0.2) is 0 Å². The fourth-order valence-corrected chi connectivity index (χ4v) is 4.54. The van der Waals surface area contributed by atoms with Crippen molar-refractivity contribution in [3.63, 3.8) is 0 Å². The molecule has 5 rings (SSSR count). The molecule has 3 aromatic carbocycles. The van der Waals surface area contributed by atoms with Crippen LogP contribution in [0.2, 0.25) is 0 Å². The van der Waals surface area contributed by atoms with Crippen LogP contribution in [0.15, 0.2) is 84.9 Å². The van der Waals surface area contributed by atoms with Gasteiger partial charge in [0.1, 0.15) is 0 Å². The van der Waals surface area contributed by atoms with Crippen LogP contribution in [0.4, 0.5) is 52.7 Å². The van der Waals surface area contributed by atoms with Gasteiger partial charge >= 0.3 is 24.7 Å². The van der Waals surface area contributed by atoms with Crippen molar-refractivity contribution >= 4 is 0 Å². The van der Waals surface area contributed by atoms with Gasteiger partial charge in [-0.3, -0.25) is 0 Å². The number of hydrogen-bond acceptors (Lipinski definition) is 0. The van der Waals surface area contributed by atoms with E-state index in [1.54, 1.807) is 24.3 Å². The first-order valence-electron chi connectivity index (χ1n) is 12.4. The van der Waals surface area contributed by atoms with Gasteiger partial charge in [0.2, 0.25) is 0 Å². The lowest BCUT2D eigenvalue weighted by atomic mass is 10.0. The van der Waals surface area contributed by atoms with Gasteiger partial charge in [0, 0.05) is 22.8 Å². The number of hydrogen-bond donors (Lipinski definition) is 2. The van der Waals surface area contributed by atoms with Gasteiger partial charge in [0.25, 0.3) is 0 Å². The maximum Gasteiger partial charge on any atom is 0.416 e. The second-order valence-electron chi connectivity index (χ2n) is 9.74. The van der Waals surface area contributed by atoms with E-state index < -0.39 is 47.0 Å². The minimum Gasteiger partial charge on any atom is -0.355 e. The average molecular weight is 632 g/mol. The van der Waals surface area contributed by atoms with Crippen LogP contribution in [0.5, 0.6) is 0 Å². The molecule has 0 atom stereocenters. The summed E-state index contributed by atoms with van der Waals surface area (Å²) in [7, 11) is 0. The summed E-state index contributed by atoms with van der Waals surface area (Å²) in [6.45, 7) is 0. The molecule has 0 bridgehead atoms. The number of rotatable bonds is 4. The summed E-state index contributed by atoms with van der Waals surface area (Å²) >= 11 is 0. The average Bonchev–Trinajstić information content (AvgIpc) is 3.62. The van der Waals surface area contributed by atoms with Crippen LogP contribution in [-0.4, -0.2) is 9.97 Å². The molecule has 0 unspecified atom stereocenters. The smallest absolute Gasteiger partial charge is 0.355 e. The molecule has 0 amide bonds. The van der Waals surface area contributed by atoms with E-state index in [0.717, 1.165) is 0 Å². The molecule has 2 aromatic heterocycles. The molecule has 0 aliphatic rings. The molecular formula is C30H16F12N2. The van der Waals surface area contributed by atoms with E-state index in [4.69, 9.17) is 0 Å². The first-order valence-corrected chi connectivity index (χ1v) is 12.4. The first kappa shape index (κ1) is 30.8. The van der Waals surface area contributed by atoms with E-state index in [2.05, 4.69) is 9.97 Å². The number of H-pyrrole nitrogens is 2. The topological polar surface area (TPSA) is 31.6 Å². The second kappa shape index (κ2) is 10.5. The van der Waals surface area contributed by atoms with Crippen molar-refractivity contribution in [1.29, 1.82) is 0 Å². The Labute approximate surface area is 240 Å². The molecule has 2 N–H and O–H groups in total. The zero-order valence-electron chi connectivity index (χ0n) is 21.6. The molecule has 0 aliphatic heterocycles. The van der Waals surface area contributed by atoms with Gasteiger partial charge < -0.3 is 9.97 Å². The number of aromatic nitrogens is 2. The van der Waals surface area contributed by atoms with Crippen LogP contribution >= 0.6 is 0 Å². The normalized spacial score (nSPS) is 13.0. The van der Waals surface area contributed by atoms with Crippen molar-refractivity contribution in [3.8, 4) is 45.0 Å². The van der Waals surface area contributed by atoms with Gasteiger partial charge in [0.05, 0.1) is 22.3 Å². The van der Waals surface area contributed by atoms with Crippen LogP contribution < -0.4 is 0 Å². The quantitative estimate of drug-likeness (QED) is 0.185. The lowest BCUT2D eigenvalue weighted by Gasteiger charge is -2.14. The van der Waals surface area contributed by atoms with Crippen LogP contribution in [0.3, 0.4) is 0 Å². The molecular weight excluding hydrogens is 616 g/mol. The van der Waals surface area contributed by atoms with E-state index in [9.17, 15) is 52.7 Å². The number of benzene rings is 3. The molecule has 0 fully saturated rings. The zero-order valence-corrected chi connectivity index (χ0v) is 21.6. The molecule has 0 radical (unpaired) electrons. The third kappa shape index (κ3) is 6.48. The van der Waals surface area contributed by atoms with Gasteiger partial charge in [-0.15, -0.1) is 0 Å². The number of aromatic amines is 2. The first-order chi connectivity index (χ1) is 20.3. The highest BCUT2D eigenvalue weighted by Crippen LogP contribution is 2.41. The number of nitrogens with one attached hydrogen (secondary N) is 2. The summed E-state index contributed by atoms with van der Waals surface area (Å²) in [6, 6.07) is 14.1. The Kier molecular flexibility index (Phi) is 7.37. The molecule has 2 heterocycles. The zero-order chi connectivity index (χ0) is 32.2. The Hall–Kier alpha value is -4.62. The SMILES string of the molecule is FC(F)(F)c1cc(-c2ccc(-c3cccc(-c4ccc(-c5cc(C(F)(F)F)cc(C(F)(F)F)c5)[nH]4)c3)[nH]2)cc(C(F)(F)F)c1. The van der Waals surface area contributed by atoms with Gasteiger partial charge in [-0.2, -0.15) is 52.7 Å². The van der Waals surface area contributed by atoms with E-state index in [1.807, 2.05) is 0 Å². The van der Waals surface area contributed by atoms with Crippen LogP contribution in [0, 0.1) is 0 Å². The van der Waals surface area contributed by atoms with E-state index in [0.29, 0.717) is 46.8 Å². The van der Waals surface area contributed by atoms with Crippen molar-refractivity contribution in [2.75, 3.05) is 0 Å². The highest BCUT2D eigenvalue weighted by atomic mass is 19.4. The maximum absolute atomic E-state index is 13.3. The highest BCUT2D eigenvalue weighted by molar-refractivity contribution is 5.75. The lowest BCUT2D eigenvalue weighted by molar-refractivity contribution is -0.144. The third-order valence-corrected chi connectivity index (χ3v) is 6.65. The van der Waals surface area contributed by atoms with Crippen molar-refractivity contribution in [3.05, 3.63) is 107 Å².